The van der Waals surface area contributed by atoms with Gasteiger partial charge in [-0.3, -0.25) is 19.5 Å². The van der Waals surface area contributed by atoms with Crippen LogP contribution < -0.4 is 0 Å². The number of aromatic nitrogens is 1. The van der Waals surface area contributed by atoms with Crippen LogP contribution in [-0.4, -0.2) is 103 Å². The van der Waals surface area contributed by atoms with Crippen molar-refractivity contribution >= 4 is 17.9 Å². The second kappa shape index (κ2) is 10.7. The Morgan fingerprint density at radius 2 is 2.00 bits per heavy atom. The van der Waals surface area contributed by atoms with Crippen molar-refractivity contribution in [2.24, 2.45) is 5.92 Å². The van der Waals surface area contributed by atoms with E-state index in [9.17, 15) is 14.4 Å². The summed E-state index contributed by atoms with van der Waals surface area (Å²) in [7, 11) is 0. The smallest absolute Gasteiger partial charge is 0.410 e. The van der Waals surface area contributed by atoms with Crippen molar-refractivity contribution in [2.45, 2.75) is 25.6 Å². The minimum atomic E-state index is -0.495. The van der Waals surface area contributed by atoms with Crippen LogP contribution in [0.3, 0.4) is 0 Å². The van der Waals surface area contributed by atoms with Gasteiger partial charge < -0.3 is 24.0 Å². The molecule has 3 aliphatic heterocycles. The van der Waals surface area contributed by atoms with Crippen LogP contribution in [-0.2, 0) is 30.4 Å². The molecule has 0 spiro atoms. The van der Waals surface area contributed by atoms with Crippen molar-refractivity contribution < 1.29 is 28.6 Å². The summed E-state index contributed by atoms with van der Waals surface area (Å²) in [5, 5.41) is 0. The Morgan fingerprint density at radius 1 is 1.16 bits per heavy atom. The highest BCUT2D eigenvalue weighted by atomic mass is 16.6. The van der Waals surface area contributed by atoms with E-state index in [1.54, 1.807) is 12.4 Å². The van der Waals surface area contributed by atoms with Crippen LogP contribution in [0.2, 0.25) is 0 Å². The lowest BCUT2D eigenvalue weighted by Gasteiger charge is -2.30. The van der Waals surface area contributed by atoms with E-state index in [-0.39, 0.29) is 44.2 Å². The number of hydrogen-bond donors (Lipinski definition) is 0. The fourth-order valence-electron chi connectivity index (χ4n) is 4.22. The first kappa shape index (κ1) is 22.5. The standard InChI is InChI=1S/C22H30N4O6/c27-20(14-24-6-9-31-22(24)29)26-13-19(32-16-18-2-1-5-23-10-18)12-25(21(28)15-26)11-17-3-7-30-8-4-17/h1-2,5,10,17,19H,3-4,6-9,11-16H2/t19-/m1/s1. The zero-order valence-corrected chi connectivity index (χ0v) is 18.2. The van der Waals surface area contributed by atoms with Gasteiger partial charge in [-0.2, -0.15) is 0 Å². The lowest BCUT2D eigenvalue weighted by Crippen LogP contribution is -2.45. The average molecular weight is 447 g/mol. The fraction of sp³-hybridized carbons (Fsp3) is 0.636. The summed E-state index contributed by atoms with van der Waals surface area (Å²) in [4.78, 5) is 46.5. The molecule has 0 aromatic carbocycles. The molecule has 0 aliphatic carbocycles. The zero-order chi connectivity index (χ0) is 22.3. The van der Waals surface area contributed by atoms with Crippen LogP contribution in [0.15, 0.2) is 24.5 Å². The van der Waals surface area contributed by atoms with Crippen LogP contribution in [0.1, 0.15) is 18.4 Å². The maximum atomic E-state index is 13.1. The van der Waals surface area contributed by atoms with E-state index in [4.69, 9.17) is 14.2 Å². The van der Waals surface area contributed by atoms with Gasteiger partial charge in [0.25, 0.3) is 0 Å². The SMILES string of the molecule is O=C(CN1CCOC1=O)N1CC(=O)N(CC2CCOCC2)C[C@@H](OCc2cccnc2)C1. The summed E-state index contributed by atoms with van der Waals surface area (Å²) >= 11 is 0. The predicted octanol–water partition coefficient (Wildman–Crippen LogP) is 0.516. The Bertz CT molecular complexity index is 801. The van der Waals surface area contributed by atoms with Gasteiger partial charge in [0.2, 0.25) is 11.8 Å². The molecule has 0 saturated carbocycles. The Morgan fingerprint density at radius 3 is 2.72 bits per heavy atom. The molecule has 1 atom stereocenters. The number of carbonyl (C=O) groups is 3. The quantitative estimate of drug-likeness (QED) is 0.602. The first-order chi connectivity index (χ1) is 15.6. The van der Waals surface area contributed by atoms with Gasteiger partial charge in [-0.25, -0.2) is 4.79 Å². The minimum absolute atomic E-state index is 0.0162. The largest absolute Gasteiger partial charge is 0.448 e. The summed E-state index contributed by atoms with van der Waals surface area (Å²) in [5.74, 6) is 0.00899. The highest BCUT2D eigenvalue weighted by Crippen LogP contribution is 2.19. The number of rotatable bonds is 7. The van der Waals surface area contributed by atoms with Crippen molar-refractivity contribution in [1.82, 2.24) is 19.7 Å². The van der Waals surface area contributed by atoms with Crippen LogP contribution in [0, 0.1) is 5.92 Å². The summed E-state index contributed by atoms with van der Waals surface area (Å²) < 4.78 is 16.5. The molecular formula is C22H30N4O6. The Kier molecular flexibility index (Phi) is 7.54. The molecule has 0 unspecified atom stereocenters. The molecule has 0 radical (unpaired) electrons. The summed E-state index contributed by atoms with van der Waals surface area (Å²) in [6.45, 7) is 3.66. The van der Waals surface area contributed by atoms with Gasteiger partial charge in [0.05, 0.1) is 25.8 Å². The van der Waals surface area contributed by atoms with Gasteiger partial charge >= 0.3 is 6.09 Å². The van der Waals surface area contributed by atoms with E-state index in [0.29, 0.717) is 45.4 Å². The number of nitrogens with zero attached hydrogens (tertiary/aromatic N) is 4. The number of pyridine rings is 1. The van der Waals surface area contributed by atoms with E-state index >= 15 is 0 Å². The zero-order valence-electron chi connectivity index (χ0n) is 18.2. The third-order valence-electron chi connectivity index (χ3n) is 6.08. The van der Waals surface area contributed by atoms with E-state index in [0.717, 1.165) is 18.4 Å². The first-order valence-electron chi connectivity index (χ1n) is 11.1. The molecule has 3 fully saturated rings. The van der Waals surface area contributed by atoms with Gasteiger partial charge in [0.1, 0.15) is 13.2 Å². The maximum Gasteiger partial charge on any atom is 0.410 e. The van der Waals surface area contributed by atoms with E-state index in [1.807, 2.05) is 17.0 Å². The van der Waals surface area contributed by atoms with Crippen LogP contribution >= 0.6 is 0 Å². The van der Waals surface area contributed by atoms with Gasteiger partial charge in [-0.15, -0.1) is 0 Å². The monoisotopic (exact) mass is 446 g/mol. The predicted molar refractivity (Wildman–Crippen MR) is 112 cm³/mol. The highest BCUT2D eigenvalue weighted by molar-refractivity contribution is 5.88. The fourth-order valence-corrected chi connectivity index (χ4v) is 4.22. The van der Waals surface area contributed by atoms with Gasteiger partial charge in [0.15, 0.2) is 0 Å². The second-order valence-electron chi connectivity index (χ2n) is 8.46. The molecule has 1 aromatic heterocycles. The minimum Gasteiger partial charge on any atom is -0.448 e. The molecule has 32 heavy (non-hydrogen) atoms. The number of cyclic esters (lactones) is 1. The topological polar surface area (TPSA) is 102 Å². The molecule has 3 saturated heterocycles. The third kappa shape index (κ3) is 5.95. The molecule has 4 rings (SSSR count). The van der Waals surface area contributed by atoms with Crippen molar-refractivity contribution in [1.29, 1.82) is 0 Å². The van der Waals surface area contributed by atoms with Crippen molar-refractivity contribution in [3.63, 3.8) is 0 Å². The molecule has 1 aromatic rings. The summed E-state index contributed by atoms with van der Waals surface area (Å²) in [5.41, 5.74) is 0.928. The molecule has 0 N–H and O–H groups in total. The lowest BCUT2D eigenvalue weighted by atomic mass is 9.99. The lowest BCUT2D eigenvalue weighted by molar-refractivity contribution is -0.139. The third-order valence-corrected chi connectivity index (χ3v) is 6.08. The molecule has 174 valence electrons. The second-order valence-corrected chi connectivity index (χ2v) is 8.46. The van der Waals surface area contributed by atoms with Crippen molar-refractivity contribution in [2.75, 3.05) is 59.1 Å². The molecule has 4 heterocycles. The summed E-state index contributed by atoms with van der Waals surface area (Å²) in [6.07, 6.45) is 4.45. The number of amides is 3. The van der Waals surface area contributed by atoms with E-state index in [2.05, 4.69) is 4.98 Å². The first-order valence-corrected chi connectivity index (χ1v) is 11.1. The maximum absolute atomic E-state index is 13.1. The molecular weight excluding hydrogens is 416 g/mol. The van der Waals surface area contributed by atoms with Gasteiger partial charge in [-0.05, 0) is 30.4 Å². The average Bonchev–Trinajstić information content (AvgIpc) is 3.14. The van der Waals surface area contributed by atoms with E-state index < -0.39 is 6.09 Å². The van der Waals surface area contributed by atoms with Crippen LogP contribution in [0.25, 0.3) is 0 Å². The molecule has 10 heteroatoms. The van der Waals surface area contributed by atoms with Gasteiger partial charge in [0, 0.05) is 45.2 Å². The van der Waals surface area contributed by atoms with Crippen LogP contribution in [0.5, 0.6) is 0 Å². The Hall–Kier alpha value is -2.72. The Labute approximate surface area is 187 Å². The molecule has 10 nitrogen and oxygen atoms in total. The number of carbonyl (C=O) groups excluding carboxylic acids is 3. The number of hydrogen-bond acceptors (Lipinski definition) is 7. The van der Waals surface area contributed by atoms with Crippen LogP contribution in [0.4, 0.5) is 4.79 Å². The van der Waals surface area contributed by atoms with Crippen molar-refractivity contribution in [3.05, 3.63) is 30.1 Å². The van der Waals surface area contributed by atoms with Crippen molar-refractivity contribution in [3.8, 4) is 0 Å². The molecule has 0 bridgehead atoms. The molecule has 3 amide bonds. The van der Waals surface area contributed by atoms with Gasteiger partial charge in [-0.1, -0.05) is 6.07 Å². The Balaban J connectivity index is 1.43. The molecule has 3 aliphatic rings. The number of ether oxygens (including phenoxy) is 3. The normalized spacial score (nSPS) is 22.8. The van der Waals surface area contributed by atoms with E-state index in [1.165, 1.54) is 9.80 Å². The summed E-state index contributed by atoms with van der Waals surface area (Å²) in [6, 6.07) is 3.77. The highest BCUT2D eigenvalue weighted by Gasteiger charge is 2.34.